The molecular formula is C12H7F3N2. The Bertz CT molecular complexity index is 559. The largest absolute Gasteiger partial charge is 0.416 e. The van der Waals surface area contributed by atoms with Crippen LogP contribution in [-0.4, -0.2) is 4.57 Å². The Morgan fingerprint density at radius 1 is 1.06 bits per heavy atom. The van der Waals surface area contributed by atoms with E-state index < -0.39 is 11.7 Å². The molecule has 0 spiro atoms. The Hall–Kier alpha value is -2.22. The van der Waals surface area contributed by atoms with Crippen molar-refractivity contribution in [1.29, 1.82) is 5.26 Å². The van der Waals surface area contributed by atoms with Crippen molar-refractivity contribution in [3.63, 3.8) is 0 Å². The Morgan fingerprint density at radius 2 is 1.71 bits per heavy atom. The first-order valence-electron chi connectivity index (χ1n) is 4.76. The maximum atomic E-state index is 12.3. The molecule has 0 radical (unpaired) electrons. The number of nitrogens with zero attached hydrogens (tertiary/aromatic N) is 2. The Balaban J connectivity index is 2.33. The van der Waals surface area contributed by atoms with Gasteiger partial charge in [0.15, 0.2) is 0 Å². The summed E-state index contributed by atoms with van der Waals surface area (Å²) in [5, 5.41) is 8.64. The SMILES string of the molecule is N#Cc1ccn(-c2ccc(C(F)(F)F)cc2)c1. The fourth-order valence-electron chi connectivity index (χ4n) is 1.45. The van der Waals surface area contributed by atoms with Crippen molar-refractivity contribution in [2.45, 2.75) is 6.18 Å². The smallest absolute Gasteiger partial charge is 0.323 e. The van der Waals surface area contributed by atoms with Crippen LogP contribution >= 0.6 is 0 Å². The molecule has 0 fully saturated rings. The first kappa shape index (κ1) is 11.3. The van der Waals surface area contributed by atoms with Crippen LogP contribution in [0, 0.1) is 11.3 Å². The van der Waals surface area contributed by atoms with E-state index in [9.17, 15) is 13.2 Å². The van der Waals surface area contributed by atoms with Crippen LogP contribution in [0.4, 0.5) is 13.2 Å². The summed E-state index contributed by atoms with van der Waals surface area (Å²) in [5.74, 6) is 0. The van der Waals surface area contributed by atoms with Gasteiger partial charge in [0.05, 0.1) is 11.1 Å². The highest BCUT2D eigenvalue weighted by Gasteiger charge is 2.29. The van der Waals surface area contributed by atoms with E-state index in [1.165, 1.54) is 12.1 Å². The Labute approximate surface area is 95.5 Å². The van der Waals surface area contributed by atoms with Crippen molar-refractivity contribution in [3.8, 4) is 11.8 Å². The van der Waals surface area contributed by atoms with Crippen molar-refractivity contribution in [2.24, 2.45) is 0 Å². The molecule has 17 heavy (non-hydrogen) atoms. The van der Waals surface area contributed by atoms with Gasteiger partial charge in [-0.2, -0.15) is 18.4 Å². The summed E-state index contributed by atoms with van der Waals surface area (Å²) >= 11 is 0. The molecule has 2 aromatic rings. The molecule has 5 heteroatoms. The Kier molecular flexibility index (Phi) is 2.64. The lowest BCUT2D eigenvalue weighted by atomic mass is 10.2. The van der Waals surface area contributed by atoms with E-state index in [1.54, 1.807) is 23.0 Å². The first-order chi connectivity index (χ1) is 8.00. The summed E-state index contributed by atoms with van der Waals surface area (Å²) < 4.78 is 38.6. The maximum Gasteiger partial charge on any atom is 0.416 e. The average Bonchev–Trinajstić information content (AvgIpc) is 2.76. The van der Waals surface area contributed by atoms with Gasteiger partial charge in [-0.3, -0.25) is 0 Å². The summed E-state index contributed by atoms with van der Waals surface area (Å²) in [4.78, 5) is 0. The van der Waals surface area contributed by atoms with E-state index in [0.29, 0.717) is 11.3 Å². The predicted octanol–water partition coefficient (Wildman–Crippen LogP) is 3.37. The molecule has 0 atom stereocenters. The van der Waals surface area contributed by atoms with Crippen molar-refractivity contribution < 1.29 is 13.2 Å². The zero-order valence-corrected chi connectivity index (χ0v) is 8.57. The van der Waals surface area contributed by atoms with Gasteiger partial charge < -0.3 is 4.57 Å². The third-order valence-corrected chi connectivity index (χ3v) is 2.31. The molecule has 2 rings (SSSR count). The van der Waals surface area contributed by atoms with Gasteiger partial charge in [-0.1, -0.05) is 0 Å². The number of benzene rings is 1. The number of hydrogen-bond acceptors (Lipinski definition) is 1. The van der Waals surface area contributed by atoms with Crippen LogP contribution in [0.25, 0.3) is 5.69 Å². The van der Waals surface area contributed by atoms with E-state index in [1.807, 2.05) is 6.07 Å². The zero-order chi connectivity index (χ0) is 12.5. The molecule has 86 valence electrons. The van der Waals surface area contributed by atoms with Crippen molar-refractivity contribution in [2.75, 3.05) is 0 Å². The van der Waals surface area contributed by atoms with Crippen molar-refractivity contribution in [3.05, 3.63) is 53.9 Å². The number of alkyl halides is 3. The van der Waals surface area contributed by atoms with Crippen LogP contribution in [0.3, 0.4) is 0 Å². The molecule has 0 N–H and O–H groups in total. The minimum atomic E-state index is -4.33. The van der Waals surface area contributed by atoms with E-state index in [-0.39, 0.29) is 0 Å². The highest BCUT2D eigenvalue weighted by atomic mass is 19.4. The molecule has 1 aromatic carbocycles. The van der Waals surface area contributed by atoms with Gasteiger partial charge in [0.1, 0.15) is 6.07 Å². The second-order valence-corrected chi connectivity index (χ2v) is 3.46. The first-order valence-corrected chi connectivity index (χ1v) is 4.76. The number of halogens is 3. The molecule has 0 amide bonds. The second-order valence-electron chi connectivity index (χ2n) is 3.46. The molecule has 0 aliphatic carbocycles. The molecule has 0 aliphatic heterocycles. The van der Waals surface area contributed by atoms with E-state index >= 15 is 0 Å². The number of aromatic nitrogens is 1. The Morgan fingerprint density at radius 3 is 2.18 bits per heavy atom. The average molecular weight is 236 g/mol. The summed E-state index contributed by atoms with van der Waals surface area (Å²) in [6.07, 6.45) is -1.14. The van der Waals surface area contributed by atoms with Gasteiger partial charge >= 0.3 is 6.18 Å². The maximum absolute atomic E-state index is 12.3. The van der Waals surface area contributed by atoms with Crippen molar-refractivity contribution in [1.82, 2.24) is 4.57 Å². The zero-order valence-electron chi connectivity index (χ0n) is 8.57. The van der Waals surface area contributed by atoms with Gasteiger partial charge in [0.2, 0.25) is 0 Å². The van der Waals surface area contributed by atoms with Crippen LogP contribution in [0.5, 0.6) is 0 Å². The molecule has 1 heterocycles. The number of rotatable bonds is 1. The van der Waals surface area contributed by atoms with Gasteiger partial charge in [0, 0.05) is 18.1 Å². The highest BCUT2D eigenvalue weighted by Crippen LogP contribution is 2.29. The van der Waals surface area contributed by atoms with Crippen LogP contribution in [0.15, 0.2) is 42.7 Å². The fraction of sp³-hybridized carbons (Fsp3) is 0.0833. The third kappa shape index (κ3) is 2.31. The lowest BCUT2D eigenvalue weighted by Gasteiger charge is -2.08. The van der Waals surface area contributed by atoms with E-state index in [0.717, 1.165) is 12.1 Å². The minimum Gasteiger partial charge on any atom is -0.323 e. The summed E-state index contributed by atoms with van der Waals surface area (Å²) in [6, 6.07) is 8.31. The quantitative estimate of drug-likeness (QED) is 0.746. The van der Waals surface area contributed by atoms with Crippen LogP contribution in [-0.2, 0) is 6.18 Å². The lowest BCUT2D eigenvalue weighted by Crippen LogP contribution is -2.04. The topological polar surface area (TPSA) is 28.7 Å². The van der Waals surface area contributed by atoms with Crippen LogP contribution < -0.4 is 0 Å². The highest BCUT2D eigenvalue weighted by molar-refractivity contribution is 5.39. The van der Waals surface area contributed by atoms with Crippen LogP contribution in [0.1, 0.15) is 11.1 Å². The summed E-state index contributed by atoms with van der Waals surface area (Å²) in [7, 11) is 0. The van der Waals surface area contributed by atoms with Gasteiger partial charge in [-0.25, -0.2) is 0 Å². The molecule has 1 aromatic heterocycles. The van der Waals surface area contributed by atoms with Gasteiger partial charge in [-0.05, 0) is 30.3 Å². The van der Waals surface area contributed by atoms with Crippen LogP contribution in [0.2, 0.25) is 0 Å². The fourth-order valence-corrected chi connectivity index (χ4v) is 1.45. The normalized spacial score (nSPS) is 11.2. The second kappa shape index (κ2) is 3.98. The van der Waals surface area contributed by atoms with Crippen molar-refractivity contribution >= 4 is 0 Å². The molecule has 0 unspecified atom stereocenters. The predicted molar refractivity (Wildman–Crippen MR) is 55.5 cm³/mol. The molecule has 0 bridgehead atoms. The lowest BCUT2D eigenvalue weighted by molar-refractivity contribution is -0.137. The summed E-state index contributed by atoms with van der Waals surface area (Å²) in [5.41, 5.74) is 0.360. The van der Waals surface area contributed by atoms with Gasteiger partial charge in [-0.15, -0.1) is 0 Å². The molecule has 0 saturated heterocycles. The van der Waals surface area contributed by atoms with E-state index in [4.69, 9.17) is 5.26 Å². The number of hydrogen-bond donors (Lipinski definition) is 0. The summed E-state index contributed by atoms with van der Waals surface area (Å²) in [6.45, 7) is 0. The van der Waals surface area contributed by atoms with Gasteiger partial charge in [0.25, 0.3) is 0 Å². The number of nitriles is 1. The monoisotopic (exact) mass is 236 g/mol. The molecular weight excluding hydrogens is 229 g/mol. The molecule has 2 nitrogen and oxygen atoms in total. The van der Waals surface area contributed by atoms with E-state index in [2.05, 4.69) is 0 Å². The standard InChI is InChI=1S/C12H7F3N2/c13-12(14,15)10-1-3-11(4-2-10)17-6-5-9(7-16)8-17/h1-6,8H. The molecule has 0 saturated carbocycles. The molecule has 0 aliphatic rings. The third-order valence-electron chi connectivity index (χ3n) is 2.31. The minimum absolute atomic E-state index is 0.463.